The number of rotatable bonds is 6. The minimum Gasteiger partial charge on any atom is -0.294 e. The molecule has 4 aromatic heterocycles. The molecule has 0 unspecified atom stereocenters. The minimum absolute atomic E-state index is 0.865. The summed E-state index contributed by atoms with van der Waals surface area (Å²) in [6.45, 7) is 5.93. The van der Waals surface area contributed by atoms with E-state index in [4.69, 9.17) is 9.97 Å². The summed E-state index contributed by atoms with van der Waals surface area (Å²) in [6.07, 6.45) is 7.90. The van der Waals surface area contributed by atoms with E-state index in [-0.39, 0.29) is 0 Å². The molecule has 0 aliphatic rings. The lowest BCUT2D eigenvalue weighted by Crippen LogP contribution is -2.01. The monoisotopic (exact) mass is 578 g/mol. The highest BCUT2D eigenvalue weighted by atomic mass is 15.1. The first kappa shape index (κ1) is 26.6. The van der Waals surface area contributed by atoms with Crippen LogP contribution in [-0.4, -0.2) is 19.1 Å². The van der Waals surface area contributed by atoms with Crippen LogP contribution in [0.4, 0.5) is 0 Å². The summed E-state index contributed by atoms with van der Waals surface area (Å²) in [6, 6.07) is 44.7. The molecule has 45 heavy (non-hydrogen) atoms. The summed E-state index contributed by atoms with van der Waals surface area (Å²) in [5, 5.41) is 4.77. The van der Waals surface area contributed by atoms with Crippen molar-refractivity contribution in [3.05, 3.63) is 164 Å². The zero-order valence-electron chi connectivity index (χ0n) is 24.9. The Bertz CT molecular complexity index is 2460. The SMILES string of the molecule is C=C/C=C(\C=C/C)c1cccc(-n2c3ccccc3c3cc4c5ccccc5n(-c5cccc(-c6ccccc6)n5)c4cc32)n1. The van der Waals surface area contributed by atoms with Crippen LogP contribution in [0.1, 0.15) is 12.6 Å². The van der Waals surface area contributed by atoms with Gasteiger partial charge in [0.2, 0.25) is 0 Å². The summed E-state index contributed by atoms with van der Waals surface area (Å²) in [7, 11) is 0. The van der Waals surface area contributed by atoms with Crippen molar-refractivity contribution in [2.24, 2.45) is 0 Å². The van der Waals surface area contributed by atoms with Crippen LogP contribution in [0.2, 0.25) is 0 Å². The van der Waals surface area contributed by atoms with Gasteiger partial charge in [-0.05, 0) is 61.0 Å². The molecular weight excluding hydrogens is 548 g/mol. The minimum atomic E-state index is 0.865. The second-order valence-electron chi connectivity index (χ2n) is 11.1. The zero-order chi connectivity index (χ0) is 30.3. The molecule has 0 N–H and O–H groups in total. The van der Waals surface area contributed by atoms with Gasteiger partial charge in [-0.2, -0.15) is 0 Å². The van der Waals surface area contributed by atoms with Gasteiger partial charge in [0.05, 0.1) is 33.5 Å². The third-order valence-electron chi connectivity index (χ3n) is 8.40. The van der Waals surface area contributed by atoms with E-state index in [1.165, 1.54) is 21.5 Å². The Balaban J connectivity index is 1.44. The highest BCUT2D eigenvalue weighted by Crippen LogP contribution is 2.39. The number of pyridine rings is 2. The first-order valence-corrected chi connectivity index (χ1v) is 15.2. The number of fused-ring (bicyclic) bond motifs is 6. The lowest BCUT2D eigenvalue weighted by atomic mass is 10.1. The number of hydrogen-bond acceptors (Lipinski definition) is 2. The van der Waals surface area contributed by atoms with Crippen LogP contribution in [0.15, 0.2) is 158 Å². The maximum atomic E-state index is 5.18. The van der Waals surface area contributed by atoms with Crippen LogP contribution in [0.3, 0.4) is 0 Å². The quantitative estimate of drug-likeness (QED) is 0.184. The molecule has 0 saturated carbocycles. The van der Waals surface area contributed by atoms with Gasteiger partial charge in [0, 0.05) is 27.1 Å². The van der Waals surface area contributed by atoms with Crippen LogP contribution in [-0.2, 0) is 0 Å². The van der Waals surface area contributed by atoms with Gasteiger partial charge in [-0.3, -0.25) is 9.13 Å². The van der Waals surface area contributed by atoms with E-state index in [1.807, 2.05) is 31.2 Å². The van der Waals surface area contributed by atoms with Crippen LogP contribution in [0.25, 0.3) is 72.1 Å². The van der Waals surface area contributed by atoms with E-state index in [1.54, 1.807) is 6.08 Å². The maximum Gasteiger partial charge on any atom is 0.138 e. The van der Waals surface area contributed by atoms with E-state index < -0.39 is 0 Å². The van der Waals surface area contributed by atoms with Crippen molar-refractivity contribution < 1.29 is 0 Å². The fourth-order valence-electron chi connectivity index (χ4n) is 6.48. The molecule has 0 bridgehead atoms. The summed E-state index contributed by atoms with van der Waals surface area (Å²) in [5.41, 5.74) is 8.39. The van der Waals surface area contributed by atoms with E-state index in [9.17, 15) is 0 Å². The molecular formula is C41H30N4. The fourth-order valence-corrected chi connectivity index (χ4v) is 6.48. The highest BCUT2D eigenvalue weighted by molar-refractivity contribution is 6.19. The van der Waals surface area contributed by atoms with Crippen molar-refractivity contribution in [3.8, 4) is 22.9 Å². The topological polar surface area (TPSA) is 35.6 Å². The largest absolute Gasteiger partial charge is 0.294 e. The van der Waals surface area contributed by atoms with Gasteiger partial charge in [-0.25, -0.2) is 9.97 Å². The van der Waals surface area contributed by atoms with Gasteiger partial charge in [0.25, 0.3) is 0 Å². The summed E-state index contributed by atoms with van der Waals surface area (Å²) < 4.78 is 4.57. The van der Waals surface area contributed by atoms with Crippen LogP contribution < -0.4 is 0 Å². The average molecular weight is 579 g/mol. The maximum absolute atomic E-state index is 5.18. The number of hydrogen-bond donors (Lipinski definition) is 0. The highest BCUT2D eigenvalue weighted by Gasteiger charge is 2.19. The van der Waals surface area contributed by atoms with Gasteiger partial charge in [-0.15, -0.1) is 0 Å². The normalized spacial score (nSPS) is 12.2. The molecule has 0 atom stereocenters. The lowest BCUT2D eigenvalue weighted by molar-refractivity contribution is 1.06. The van der Waals surface area contributed by atoms with E-state index >= 15 is 0 Å². The first-order chi connectivity index (χ1) is 22.2. The zero-order valence-corrected chi connectivity index (χ0v) is 24.9. The van der Waals surface area contributed by atoms with Crippen molar-refractivity contribution in [1.29, 1.82) is 0 Å². The van der Waals surface area contributed by atoms with Crippen molar-refractivity contribution in [2.75, 3.05) is 0 Å². The third-order valence-corrected chi connectivity index (χ3v) is 8.40. The van der Waals surface area contributed by atoms with Crippen molar-refractivity contribution in [2.45, 2.75) is 6.92 Å². The van der Waals surface area contributed by atoms with Crippen molar-refractivity contribution >= 4 is 49.2 Å². The Hall–Kier alpha value is -6.00. The molecule has 0 aliphatic heterocycles. The van der Waals surface area contributed by atoms with Crippen LogP contribution in [0, 0.1) is 0 Å². The van der Waals surface area contributed by atoms with Gasteiger partial charge < -0.3 is 0 Å². The van der Waals surface area contributed by atoms with Crippen molar-refractivity contribution in [1.82, 2.24) is 19.1 Å². The molecule has 0 saturated heterocycles. The van der Waals surface area contributed by atoms with E-state index in [0.29, 0.717) is 0 Å². The second-order valence-corrected chi connectivity index (χ2v) is 11.1. The molecule has 4 heterocycles. The standard InChI is InChI=1S/C41H30N4/c1-3-14-28(15-4-2)34-20-12-24-40(42-34)44-36-22-10-8-18-30(36)32-26-33-31-19-9-11-23-37(31)45(39(33)27-38(32)44)41-25-13-21-35(43-41)29-16-6-5-7-17-29/h3-27H,1H2,2H3/b15-4-,28-14+. The number of benzene rings is 4. The molecule has 0 fully saturated rings. The molecule has 8 rings (SSSR count). The van der Waals surface area contributed by atoms with E-state index in [2.05, 4.69) is 137 Å². The van der Waals surface area contributed by atoms with Gasteiger partial charge in [-0.1, -0.05) is 110 Å². The van der Waals surface area contributed by atoms with Gasteiger partial charge >= 0.3 is 0 Å². The number of aromatic nitrogens is 4. The Kier molecular flexibility index (Phi) is 6.46. The average Bonchev–Trinajstić information content (AvgIpc) is 3.60. The Labute approximate surface area is 261 Å². The molecule has 0 radical (unpaired) electrons. The predicted molar refractivity (Wildman–Crippen MR) is 189 cm³/mol. The van der Waals surface area contributed by atoms with Crippen LogP contribution >= 0.6 is 0 Å². The second kappa shape index (κ2) is 10.9. The third kappa shape index (κ3) is 4.38. The van der Waals surface area contributed by atoms with Crippen LogP contribution in [0.5, 0.6) is 0 Å². The van der Waals surface area contributed by atoms with E-state index in [0.717, 1.165) is 56.2 Å². The number of nitrogens with zero attached hydrogens (tertiary/aromatic N) is 4. The Morgan fingerprint density at radius 3 is 1.82 bits per heavy atom. The molecule has 4 aromatic carbocycles. The molecule has 4 heteroatoms. The fraction of sp³-hybridized carbons (Fsp3) is 0.0244. The number of para-hydroxylation sites is 2. The summed E-state index contributed by atoms with van der Waals surface area (Å²) in [4.78, 5) is 10.4. The molecule has 0 spiro atoms. The number of allylic oxidation sites excluding steroid dienone is 5. The van der Waals surface area contributed by atoms with Gasteiger partial charge in [0.15, 0.2) is 0 Å². The van der Waals surface area contributed by atoms with Crippen molar-refractivity contribution in [3.63, 3.8) is 0 Å². The first-order valence-electron chi connectivity index (χ1n) is 15.2. The molecule has 4 nitrogen and oxygen atoms in total. The summed E-state index contributed by atoms with van der Waals surface area (Å²) >= 11 is 0. The smallest absolute Gasteiger partial charge is 0.138 e. The molecule has 0 aliphatic carbocycles. The van der Waals surface area contributed by atoms with Gasteiger partial charge in [0.1, 0.15) is 11.6 Å². The molecule has 8 aromatic rings. The summed E-state index contributed by atoms with van der Waals surface area (Å²) in [5.74, 6) is 1.75. The Morgan fingerprint density at radius 2 is 1.18 bits per heavy atom. The predicted octanol–water partition coefficient (Wildman–Crippen LogP) is 10.5. The molecule has 0 amide bonds. The molecule has 214 valence electrons. The lowest BCUT2D eigenvalue weighted by Gasteiger charge is -2.11. The Morgan fingerprint density at radius 1 is 0.578 bits per heavy atom.